The first kappa shape index (κ1) is 25.3. The normalized spacial score (nSPS) is 12.2. The Balaban J connectivity index is 0.00000363. The SMILES string of the molecule is C[C@@H](c1ccccc1)N(CC(=O)O)S(=O)(=O)c1ccc2c(N(Cl)C(=N)N)cncc2c1.Cl. The number of benzene rings is 2. The van der Waals surface area contributed by atoms with Crippen molar-refractivity contribution in [2.24, 2.45) is 5.73 Å². The van der Waals surface area contributed by atoms with Crippen LogP contribution in [0.15, 0.2) is 65.8 Å². The Morgan fingerprint density at radius 3 is 2.47 bits per heavy atom. The van der Waals surface area contributed by atoms with Gasteiger partial charge in [0.1, 0.15) is 6.54 Å². The number of carboxylic acid groups (broad SMARTS) is 1. The van der Waals surface area contributed by atoms with Crippen LogP contribution in [-0.2, 0) is 14.8 Å². The Bertz CT molecular complexity index is 1240. The fourth-order valence-corrected chi connectivity index (χ4v) is 4.92. The van der Waals surface area contributed by atoms with E-state index in [4.69, 9.17) is 22.9 Å². The second-order valence-corrected chi connectivity index (χ2v) is 8.97. The molecule has 4 N–H and O–H groups in total. The summed E-state index contributed by atoms with van der Waals surface area (Å²) in [7, 11) is -4.17. The minimum absolute atomic E-state index is 0. The lowest BCUT2D eigenvalue weighted by molar-refractivity contribution is -0.137. The molecule has 170 valence electrons. The first-order chi connectivity index (χ1) is 14.6. The maximum Gasteiger partial charge on any atom is 0.318 e. The molecule has 0 aliphatic rings. The number of hydrogen-bond acceptors (Lipinski definition) is 5. The van der Waals surface area contributed by atoms with Crippen molar-refractivity contribution >= 4 is 62.6 Å². The van der Waals surface area contributed by atoms with Gasteiger partial charge in [0.25, 0.3) is 0 Å². The van der Waals surface area contributed by atoms with Crippen molar-refractivity contribution in [1.29, 1.82) is 5.41 Å². The van der Waals surface area contributed by atoms with Crippen LogP contribution in [0.3, 0.4) is 0 Å². The highest BCUT2D eigenvalue weighted by Gasteiger charge is 2.32. The molecule has 0 saturated heterocycles. The molecule has 0 fully saturated rings. The Labute approximate surface area is 196 Å². The molecule has 0 aliphatic carbocycles. The summed E-state index contributed by atoms with van der Waals surface area (Å²) in [5.74, 6) is -1.69. The fourth-order valence-electron chi connectivity index (χ4n) is 3.18. The third kappa shape index (κ3) is 5.10. The first-order valence-corrected chi connectivity index (χ1v) is 10.9. The average molecular weight is 498 g/mol. The number of halogens is 2. The molecule has 0 radical (unpaired) electrons. The zero-order chi connectivity index (χ0) is 22.8. The van der Waals surface area contributed by atoms with Crippen LogP contribution in [-0.4, -0.2) is 41.3 Å². The zero-order valence-corrected chi connectivity index (χ0v) is 19.2. The van der Waals surface area contributed by atoms with Gasteiger partial charge in [-0.05, 0) is 24.6 Å². The molecule has 3 aromatic rings. The Hall–Kier alpha value is -2.92. The lowest BCUT2D eigenvalue weighted by Crippen LogP contribution is -2.37. The molecule has 0 unspecified atom stereocenters. The number of carboxylic acids is 1. The monoisotopic (exact) mass is 497 g/mol. The maximum absolute atomic E-state index is 13.4. The van der Waals surface area contributed by atoms with Crippen LogP contribution in [0.5, 0.6) is 0 Å². The van der Waals surface area contributed by atoms with Gasteiger partial charge in [0.2, 0.25) is 16.0 Å². The standard InChI is InChI=1S/C20H20ClN5O4S.ClH/c1-13(14-5-3-2-4-6-14)25(12-19(27)28)31(29,30)16-7-8-17-15(9-16)10-24-11-18(17)26(21)20(22)23;/h2-11,13H,12H2,1H3,(H3,22,23)(H,27,28);1H/t13-;/m0./s1. The number of aromatic nitrogens is 1. The van der Waals surface area contributed by atoms with Gasteiger partial charge in [0.05, 0.1) is 16.8 Å². The molecule has 1 aromatic heterocycles. The smallest absolute Gasteiger partial charge is 0.318 e. The first-order valence-electron chi connectivity index (χ1n) is 9.09. The van der Waals surface area contributed by atoms with Crippen molar-refractivity contribution in [1.82, 2.24) is 9.29 Å². The van der Waals surface area contributed by atoms with E-state index >= 15 is 0 Å². The van der Waals surface area contributed by atoms with Crippen LogP contribution in [0.25, 0.3) is 10.8 Å². The second-order valence-electron chi connectivity index (χ2n) is 6.74. The summed E-state index contributed by atoms with van der Waals surface area (Å²) in [5, 5.41) is 17.8. The Kier molecular flexibility index (Phi) is 8.02. The van der Waals surface area contributed by atoms with Gasteiger partial charge < -0.3 is 10.8 Å². The van der Waals surface area contributed by atoms with Crippen molar-refractivity contribution in [3.63, 3.8) is 0 Å². The van der Waals surface area contributed by atoms with Crippen molar-refractivity contribution in [2.45, 2.75) is 17.9 Å². The lowest BCUT2D eigenvalue weighted by atomic mass is 10.1. The summed E-state index contributed by atoms with van der Waals surface area (Å²) in [5.41, 5.74) is 6.40. The highest BCUT2D eigenvalue weighted by Crippen LogP contribution is 2.32. The van der Waals surface area contributed by atoms with E-state index in [0.29, 0.717) is 22.0 Å². The minimum Gasteiger partial charge on any atom is -0.480 e. The molecule has 0 saturated carbocycles. The van der Waals surface area contributed by atoms with E-state index in [1.54, 1.807) is 37.3 Å². The van der Waals surface area contributed by atoms with E-state index in [-0.39, 0.29) is 17.3 Å². The maximum atomic E-state index is 13.4. The zero-order valence-electron chi connectivity index (χ0n) is 16.8. The largest absolute Gasteiger partial charge is 0.480 e. The number of nitrogens with zero attached hydrogens (tertiary/aromatic N) is 3. The molecule has 3 rings (SSSR count). The van der Waals surface area contributed by atoms with E-state index in [1.807, 2.05) is 0 Å². The fraction of sp³-hybridized carbons (Fsp3) is 0.150. The van der Waals surface area contributed by atoms with Gasteiger partial charge in [0.15, 0.2) is 0 Å². The lowest BCUT2D eigenvalue weighted by Gasteiger charge is -2.27. The van der Waals surface area contributed by atoms with Gasteiger partial charge in [-0.15, -0.1) is 12.4 Å². The molecule has 2 aromatic carbocycles. The summed E-state index contributed by atoms with van der Waals surface area (Å²) in [6, 6.07) is 12.3. The van der Waals surface area contributed by atoms with Crippen LogP contribution in [0.1, 0.15) is 18.5 Å². The summed E-state index contributed by atoms with van der Waals surface area (Å²) in [6.45, 7) is 0.934. The number of pyridine rings is 1. The predicted molar refractivity (Wildman–Crippen MR) is 126 cm³/mol. The number of sulfonamides is 1. The van der Waals surface area contributed by atoms with Crippen molar-refractivity contribution in [3.05, 3.63) is 66.5 Å². The molecule has 1 atom stereocenters. The van der Waals surface area contributed by atoms with Crippen LogP contribution in [0.2, 0.25) is 0 Å². The van der Waals surface area contributed by atoms with Gasteiger partial charge in [-0.1, -0.05) is 36.4 Å². The van der Waals surface area contributed by atoms with Crippen molar-refractivity contribution < 1.29 is 18.3 Å². The summed E-state index contributed by atoms with van der Waals surface area (Å²) < 4.78 is 28.6. The Morgan fingerprint density at radius 1 is 1.22 bits per heavy atom. The summed E-state index contributed by atoms with van der Waals surface area (Å²) in [6.07, 6.45) is 2.85. The van der Waals surface area contributed by atoms with E-state index in [1.165, 1.54) is 30.6 Å². The number of hydrogen-bond donors (Lipinski definition) is 3. The number of nitrogens with two attached hydrogens (primary N) is 1. The number of fused-ring (bicyclic) bond motifs is 1. The van der Waals surface area contributed by atoms with E-state index in [9.17, 15) is 18.3 Å². The van der Waals surface area contributed by atoms with Crippen LogP contribution in [0.4, 0.5) is 5.69 Å². The molecule has 0 spiro atoms. The van der Waals surface area contributed by atoms with E-state index < -0.39 is 34.5 Å². The number of carbonyl (C=O) groups is 1. The quantitative estimate of drug-likeness (QED) is 0.258. The predicted octanol–water partition coefficient (Wildman–Crippen LogP) is 3.35. The Morgan fingerprint density at radius 2 is 1.88 bits per heavy atom. The molecular formula is C20H21Cl2N5O4S. The van der Waals surface area contributed by atoms with Crippen LogP contribution < -0.4 is 10.2 Å². The van der Waals surface area contributed by atoms with Gasteiger partial charge in [-0.2, -0.15) is 4.31 Å². The number of guanidine groups is 1. The molecule has 0 aliphatic heterocycles. The topological polar surface area (TPSA) is 141 Å². The molecular weight excluding hydrogens is 477 g/mol. The van der Waals surface area contributed by atoms with Gasteiger partial charge >= 0.3 is 5.97 Å². The van der Waals surface area contributed by atoms with Crippen LogP contribution >= 0.6 is 24.2 Å². The van der Waals surface area contributed by atoms with Crippen molar-refractivity contribution in [3.8, 4) is 0 Å². The average Bonchev–Trinajstić information content (AvgIpc) is 2.76. The van der Waals surface area contributed by atoms with Gasteiger partial charge in [-0.3, -0.25) is 15.2 Å². The summed E-state index contributed by atoms with van der Waals surface area (Å²) in [4.78, 5) is 15.4. The molecule has 12 heteroatoms. The second kappa shape index (κ2) is 10.1. The number of nitrogens with one attached hydrogen (secondary N) is 1. The highest BCUT2D eigenvalue weighted by molar-refractivity contribution is 7.89. The van der Waals surface area contributed by atoms with E-state index in [2.05, 4.69) is 4.98 Å². The molecule has 0 bridgehead atoms. The molecule has 9 nitrogen and oxygen atoms in total. The third-order valence-corrected chi connectivity index (χ3v) is 7.02. The van der Waals surface area contributed by atoms with Crippen LogP contribution in [0, 0.1) is 5.41 Å². The molecule has 1 heterocycles. The van der Waals surface area contributed by atoms with E-state index in [0.717, 1.165) is 8.72 Å². The molecule has 32 heavy (non-hydrogen) atoms. The minimum atomic E-state index is -4.17. The van der Waals surface area contributed by atoms with Gasteiger partial charge in [0, 0.05) is 34.8 Å². The van der Waals surface area contributed by atoms with Gasteiger partial charge in [-0.25, -0.2) is 12.8 Å². The highest BCUT2D eigenvalue weighted by atomic mass is 35.5. The third-order valence-electron chi connectivity index (χ3n) is 4.74. The summed E-state index contributed by atoms with van der Waals surface area (Å²) >= 11 is 6.02. The number of anilines is 1. The number of rotatable bonds is 7. The van der Waals surface area contributed by atoms with Crippen molar-refractivity contribution in [2.75, 3.05) is 11.0 Å². The number of aliphatic carboxylic acids is 1. The molecule has 0 amide bonds.